The van der Waals surface area contributed by atoms with Crippen molar-refractivity contribution in [3.8, 4) is 0 Å². The first-order chi connectivity index (χ1) is 8.00. The molecule has 0 aliphatic heterocycles. The average Bonchev–Trinajstić information content (AvgIpc) is 2.28. The molecule has 1 aromatic rings. The van der Waals surface area contributed by atoms with Gasteiger partial charge in [-0.05, 0) is 46.1 Å². The van der Waals surface area contributed by atoms with Gasteiger partial charge in [-0.2, -0.15) is 0 Å². The van der Waals surface area contributed by atoms with Crippen LogP contribution in [0, 0.1) is 5.82 Å². The number of rotatable bonds is 6. The fraction of sp³-hybridized carbons (Fsp3) is 0.571. The van der Waals surface area contributed by atoms with Crippen molar-refractivity contribution >= 4 is 0 Å². The molecule has 0 amide bonds. The topological polar surface area (TPSA) is 6.48 Å². The Morgan fingerprint density at radius 1 is 1.12 bits per heavy atom. The number of hydrogen-bond donors (Lipinski definition) is 0. The third kappa shape index (κ3) is 4.84. The first-order valence-electron chi connectivity index (χ1n) is 6.09. The van der Waals surface area contributed by atoms with E-state index < -0.39 is 0 Å². The van der Waals surface area contributed by atoms with Crippen LogP contribution in [0.4, 0.5) is 4.39 Å². The molecule has 0 saturated carbocycles. The third-order valence-corrected chi connectivity index (χ3v) is 3.13. The molecule has 0 N–H and O–H groups in total. The summed E-state index contributed by atoms with van der Waals surface area (Å²) in [7, 11) is 6.22. The maximum Gasteiger partial charge on any atom is 0.126 e. The maximum absolute atomic E-state index is 13.5. The summed E-state index contributed by atoms with van der Waals surface area (Å²) in [5.41, 5.74) is 0.803. The second-order valence-electron chi connectivity index (χ2n) is 4.93. The SMILES string of the molecule is C[C@H](Cc1ccccc1F)N(C)CCN(C)C. The minimum atomic E-state index is -0.0969. The van der Waals surface area contributed by atoms with Gasteiger partial charge in [-0.3, -0.25) is 0 Å². The zero-order chi connectivity index (χ0) is 12.8. The monoisotopic (exact) mass is 238 g/mol. The molecule has 0 fully saturated rings. The third-order valence-electron chi connectivity index (χ3n) is 3.13. The molecule has 1 atom stereocenters. The summed E-state index contributed by atoms with van der Waals surface area (Å²) in [6.45, 7) is 4.17. The van der Waals surface area contributed by atoms with Gasteiger partial charge in [0.05, 0.1) is 0 Å². The Hall–Kier alpha value is -0.930. The van der Waals surface area contributed by atoms with E-state index in [1.807, 2.05) is 12.1 Å². The molecule has 1 aromatic carbocycles. The summed E-state index contributed by atoms with van der Waals surface area (Å²) in [5.74, 6) is -0.0969. The highest BCUT2D eigenvalue weighted by Crippen LogP contribution is 2.11. The Labute approximate surface area is 104 Å². The molecule has 0 aliphatic rings. The number of hydrogen-bond acceptors (Lipinski definition) is 2. The first kappa shape index (κ1) is 14.1. The molecule has 0 saturated heterocycles. The molecule has 96 valence electrons. The molecule has 0 aromatic heterocycles. The lowest BCUT2D eigenvalue weighted by molar-refractivity contribution is 0.227. The molecule has 17 heavy (non-hydrogen) atoms. The van der Waals surface area contributed by atoms with E-state index in [-0.39, 0.29) is 5.82 Å². The smallest absolute Gasteiger partial charge is 0.126 e. The van der Waals surface area contributed by atoms with Gasteiger partial charge in [0, 0.05) is 19.1 Å². The van der Waals surface area contributed by atoms with Crippen LogP contribution in [0.3, 0.4) is 0 Å². The normalized spacial score (nSPS) is 13.4. The fourth-order valence-corrected chi connectivity index (χ4v) is 1.72. The largest absolute Gasteiger partial charge is 0.308 e. The van der Waals surface area contributed by atoms with Crippen LogP contribution >= 0.6 is 0 Å². The number of nitrogens with zero attached hydrogens (tertiary/aromatic N) is 2. The molecule has 0 aliphatic carbocycles. The van der Waals surface area contributed by atoms with Crippen LogP contribution in [0.25, 0.3) is 0 Å². The van der Waals surface area contributed by atoms with Gasteiger partial charge >= 0.3 is 0 Å². The predicted octanol–water partition coefficient (Wildman–Crippen LogP) is 2.25. The van der Waals surface area contributed by atoms with Crippen molar-refractivity contribution in [3.05, 3.63) is 35.6 Å². The van der Waals surface area contributed by atoms with Crippen LogP contribution in [-0.2, 0) is 6.42 Å². The lowest BCUT2D eigenvalue weighted by Gasteiger charge is -2.26. The molecule has 0 heterocycles. The van der Waals surface area contributed by atoms with E-state index in [1.165, 1.54) is 6.07 Å². The highest BCUT2D eigenvalue weighted by molar-refractivity contribution is 5.18. The summed E-state index contributed by atoms with van der Waals surface area (Å²) >= 11 is 0. The quantitative estimate of drug-likeness (QED) is 0.750. The van der Waals surface area contributed by atoms with E-state index in [0.29, 0.717) is 6.04 Å². The van der Waals surface area contributed by atoms with Gasteiger partial charge in [0.1, 0.15) is 5.82 Å². The van der Waals surface area contributed by atoms with Gasteiger partial charge in [-0.15, -0.1) is 0 Å². The molecular formula is C14H23FN2. The summed E-state index contributed by atoms with van der Waals surface area (Å²) in [4.78, 5) is 4.43. The van der Waals surface area contributed by atoms with Gasteiger partial charge in [0.2, 0.25) is 0 Å². The summed E-state index contributed by atoms with van der Waals surface area (Å²) in [6.07, 6.45) is 0.761. The summed E-state index contributed by atoms with van der Waals surface area (Å²) in [5, 5.41) is 0. The van der Waals surface area contributed by atoms with Crippen LogP contribution in [0.5, 0.6) is 0 Å². The van der Waals surface area contributed by atoms with Crippen molar-refractivity contribution in [2.24, 2.45) is 0 Å². The van der Waals surface area contributed by atoms with Crippen molar-refractivity contribution in [2.45, 2.75) is 19.4 Å². The number of benzene rings is 1. The van der Waals surface area contributed by atoms with E-state index in [1.54, 1.807) is 6.07 Å². The van der Waals surface area contributed by atoms with Crippen molar-refractivity contribution < 1.29 is 4.39 Å². The average molecular weight is 238 g/mol. The van der Waals surface area contributed by atoms with Crippen molar-refractivity contribution in [3.63, 3.8) is 0 Å². The molecule has 0 unspecified atom stereocenters. The van der Waals surface area contributed by atoms with E-state index >= 15 is 0 Å². The Balaban J connectivity index is 2.48. The zero-order valence-corrected chi connectivity index (χ0v) is 11.3. The Morgan fingerprint density at radius 2 is 1.76 bits per heavy atom. The van der Waals surface area contributed by atoms with Crippen LogP contribution in [-0.4, -0.2) is 50.1 Å². The van der Waals surface area contributed by atoms with Gasteiger partial charge in [-0.25, -0.2) is 4.39 Å². The maximum atomic E-state index is 13.5. The minimum absolute atomic E-state index is 0.0969. The lowest BCUT2D eigenvalue weighted by Crippen LogP contribution is -2.36. The second-order valence-corrected chi connectivity index (χ2v) is 4.93. The molecule has 0 bridgehead atoms. The second kappa shape index (κ2) is 6.72. The summed E-state index contributed by atoms with van der Waals surface area (Å²) < 4.78 is 13.5. The Kier molecular flexibility index (Phi) is 5.59. The van der Waals surface area contributed by atoms with E-state index in [2.05, 4.69) is 37.9 Å². The van der Waals surface area contributed by atoms with Crippen LogP contribution in [0.2, 0.25) is 0 Å². The molecule has 0 radical (unpaired) electrons. The highest BCUT2D eigenvalue weighted by Gasteiger charge is 2.12. The summed E-state index contributed by atoms with van der Waals surface area (Å²) in [6, 6.07) is 7.38. The highest BCUT2D eigenvalue weighted by atomic mass is 19.1. The van der Waals surface area contributed by atoms with Crippen molar-refractivity contribution in [1.29, 1.82) is 0 Å². The Morgan fingerprint density at radius 3 is 2.35 bits per heavy atom. The number of halogens is 1. The van der Waals surface area contributed by atoms with Crippen LogP contribution in [0.15, 0.2) is 24.3 Å². The van der Waals surface area contributed by atoms with E-state index in [0.717, 1.165) is 25.1 Å². The molecule has 1 rings (SSSR count). The fourth-order valence-electron chi connectivity index (χ4n) is 1.72. The number of likely N-dealkylation sites (N-methyl/N-ethyl adjacent to an activating group) is 2. The molecule has 3 heteroatoms. The van der Waals surface area contributed by atoms with Crippen LogP contribution < -0.4 is 0 Å². The van der Waals surface area contributed by atoms with Gasteiger partial charge in [0.25, 0.3) is 0 Å². The molecule has 2 nitrogen and oxygen atoms in total. The van der Waals surface area contributed by atoms with E-state index in [9.17, 15) is 4.39 Å². The standard InChI is InChI=1S/C14H23FN2/c1-12(17(4)10-9-16(2)3)11-13-7-5-6-8-14(13)15/h5-8,12H,9-11H2,1-4H3/t12-/m1/s1. The van der Waals surface area contributed by atoms with Gasteiger partial charge < -0.3 is 9.80 Å². The van der Waals surface area contributed by atoms with Gasteiger partial charge in [0.15, 0.2) is 0 Å². The lowest BCUT2D eigenvalue weighted by atomic mass is 10.1. The van der Waals surface area contributed by atoms with Crippen LogP contribution in [0.1, 0.15) is 12.5 Å². The Bertz CT molecular complexity index is 339. The first-order valence-corrected chi connectivity index (χ1v) is 6.09. The minimum Gasteiger partial charge on any atom is -0.308 e. The zero-order valence-electron chi connectivity index (χ0n) is 11.3. The molecule has 0 spiro atoms. The van der Waals surface area contributed by atoms with E-state index in [4.69, 9.17) is 0 Å². The van der Waals surface area contributed by atoms with Crippen molar-refractivity contribution in [2.75, 3.05) is 34.2 Å². The van der Waals surface area contributed by atoms with Crippen molar-refractivity contribution in [1.82, 2.24) is 9.80 Å². The van der Waals surface area contributed by atoms with Gasteiger partial charge in [-0.1, -0.05) is 18.2 Å². The molecular weight excluding hydrogens is 215 g/mol. The predicted molar refractivity (Wildman–Crippen MR) is 70.8 cm³/mol.